The van der Waals surface area contributed by atoms with Crippen LogP contribution in [0.4, 0.5) is 17.1 Å². The maximum Gasteiger partial charge on any atom is 0.0551 e. The molecule has 1 fully saturated rings. The Morgan fingerprint density at radius 3 is 2.19 bits per heavy atom. The molecular formula is C17H22N4. The van der Waals surface area contributed by atoms with Gasteiger partial charge in [-0.25, -0.2) is 0 Å². The molecule has 1 saturated heterocycles. The van der Waals surface area contributed by atoms with Crippen LogP contribution in [-0.2, 0) is 6.54 Å². The minimum absolute atomic E-state index is 0.660. The van der Waals surface area contributed by atoms with Gasteiger partial charge >= 0.3 is 0 Å². The van der Waals surface area contributed by atoms with Gasteiger partial charge in [0.05, 0.1) is 11.4 Å². The van der Waals surface area contributed by atoms with Crippen LogP contribution < -0.4 is 16.4 Å². The molecule has 2 aromatic carbocycles. The number of hydrogen-bond acceptors (Lipinski definition) is 4. The Labute approximate surface area is 126 Å². The third-order valence-electron chi connectivity index (χ3n) is 4.05. The van der Waals surface area contributed by atoms with Gasteiger partial charge in [-0.15, -0.1) is 0 Å². The van der Waals surface area contributed by atoms with Crippen molar-refractivity contribution >= 4 is 17.1 Å². The monoisotopic (exact) mass is 282 g/mol. The highest BCUT2D eigenvalue weighted by Gasteiger charge is 2.17. The van der Waals surface area contributed by atoms with Crippen LogP contribution in [0.2, 0.25) is 0 Å². The average Bonchev–Trinajstić information content (AvgIpc) is 2.53. The summed E-state index contributed by atoms with van der Waals surface area (Å²) in [5.74, 6) is 0. The van der Waals surface area contributed by atoms with Crippen molar-refractivity contribution in [3.8, 4) is 0 Å². The summed E-state index contributed by atoms with van der Waals surface area (Å²) in [5.41, 5.74) is 15.5. The smallest absolute Gasteiger partial charge is 0.0551 e. The lowest BCUT2D eigenvalue weighted by molar-refractivity contribution is 0.250. The molecule has 0 unspecified atom stereocenters. The number of hydrogen-bond donors (Lipinski definition) is 2. The first kappa shape index (κ1) is 13.8. The van der Waals surface area contributed by atoms with Gasteiger partial charge in [-0.3, -0.25) is 4.90 Å². The van der Waals surface area contributed by atoms with E-state index in [0.717, 1.165) is 32.7 Å². The van der Waals surface area contributed by atoms with E-state index < -0.39 is 0 Å². The summed E-state index contributed by atoms with van der Waals surface area (Å²) in [4.78, 5) is 4.90. The Bertz CT molecular complexity index is 589. The van der Waals surface area contributed by atoms with Gasteiger partial charge in [-0.2, -0.15) is 0 Å². The zero-order chi connectivity index (χ0) is 14.7. The molecule has 1 aliphatic heterocycles. The third-order valence-corrected chi connectivity index (χ3v) is 4.05. The molecule has 0 atom stereocenters. The summed E-state index contributed by atoms with van der Waals surface area (Å²) in [6.45, 7) is 5.20. The standard InChI is InChI=1S/C17H22N4/c18-16-7-6-14(12-17(16)19)13-20-8-10-21(11-9-20)15-4-2-1-3-5-15/h1-7,12H,8-11,13,18-19H2. The van der Waals surface area contributed by atoms with E-state index in [2.05, 4.69) is 46.2 Å². The molecule has 0 spiro atoms. The molecule has 0 radical (unpaired) electrons. The van der Waals surface area contributed by atoms with Crippen molar-refractivity contribution in [1.29, 1.82) is 0 Å². The molecule has 4 N–H and O–H groups in total. The second kappa shape index (κ2) is 6.06. The lowest BCUT2D eigenvalue weighted by Crippen LogP contribution is -2.45. The van der Waals surface area contributed by atoms with Crippen molar-refractivity contribution in [1.82, 2.24) is 4.90 Å². The van der Waals surface area contributed by atoms with Gasteiger partial charge in [-0.05, 0) is 29.8 Å². The number of nitrogen functional groups attached to an aromatic ring is 2. The summed E-state index contributed by atoms with van der Waals surface area (Å²) >= 11 is 0. The van der Waals surface area contributed by atoms with Crippen molar-refractivity contribution in [2.24, 2.45) is 0 Å². The molecule has 2 aromatic rings. The molecule has 4 heteroatoms. The van der Waals surface area contributed by atoms with E-state index in [4.69, 9.17) is 11.5 Å². The van der Waals surface area contributed by atoms with Crippen LogP contribution in [0.15, 0.2) is 48.5 Å². The first-order chi connectivity index (χ1) is 10.2. The number of para-hydroxylation sites is 1. The Balaban J connectivity index is 1.57. The number of benzene rings is 2. The lowest BCUT2D eigenvalue weighted by atomic mass is 10.1. The third kappa shape index (κ3) is 3.28. The zero-order valence-electron chi connectivity index (χ0n) is 12.2. The SMILES string of the molecule is Nc1ccc(CN2CCN(c3ccccc3)CC2)cc1N. The number of nitrogens with two attached hydrogens (primary N) is 2. The second-order valence-corrected chi connectivity index (χ2v) is 5.56. The van der Waals surface area contributed by atoms with Gasteiger partial charge in [0, 0.05) is 38.4 Å². The van der Waals surface area contributed by atoms with Gasteiger partial charge < -0.3 is 16.4 Å². The number of nitrogens with zero attached hydrogens (tertiary/aromatic N) is 2. The summed E-state index contributed by atoms with van der Waals surface area (Å²) in [7, 11) is 0. The molecule has 1 heterocycles. The van der Waals surface area contributed by atoms with Gasteiger partial charge in [0.1, 0.15) is 0 Å². The highest BCUT2D eigenvalue weighted by molar-refractivity contribution is 5.63. The molecular weight excluding hydrogens is 260 g/mol. The van der Waals surface area contributed by atoms with Gasteiger partial charge in [0.15, 0.2) is 0 Å². The van der Waals surface area contributed by atoms with Crippen LogP contribution in [0.3, 0.4) is 0 Å². The van der Waals surface area contributed by atoms with Crippen LogP contribution in [0.25, 0.3) is 0 Å². The van der Waals surface area contributed by atoms with Crippen molar-refractivity contribution in [3.63, 3.8) is 0 Å². The Morgan fingerprint density at radius 2 is 1.52 bits per heavy atom. The molecule has 0 saturated carbocycles. The first-order valence-electron chi connectivity index (χ1n) is 7.38. The van der Waals surface area contributed by atoms with Gasteiger partial charge in [0.25, 0.3) is 0 Å². The topological polar surface area (TPSA) is 58.5 Å². The van der Waals surface area contributed by atoms with E-state index in [1.54, 1.807) is 0 Å². The first-order valence-corrected chi connectivity index (χ1v) is 7.38. The maximum absolute atomic E-state index is 5.87. The second-order valence-electron chi connectivity index (χ2n) is 5.56. The fourth-order valence-corrected chi connectivity index (χ4v) is 2.78. The minimum atomic E-state index is 0.660. The van der Waals surface area contributed by atoms with Crippen LogP contribution in [0.1, 0.15) is 5.56 Å². The summed E-state index contributed by atoms with van der Waals surface area (Å²) in [6.07, 6.45) is 0. The van der Waals surface area contributed by atoms with E-state index in [9.17, 15) is 0 Å². The van der Waals surface area contributed by atoms with E-state index in [1.165, 1.54) is 11.3 Å². The summed E-state index contributed by atoms with van der Waals surface area (Å²) < 4.78 is 0. The van der Waals surface area contributed by atoms with Gasteiger partial charge in [-0.1, -0.05) is 24.3 Å². The summed E-state index contributed by atoms with van der Waals surface area (Å²) in [6, 6.07) is 16.6. The summed E-state index contributed by atoms with van der Waals surface area (Å²) in [5, 5.41) is 0. The number of piperazine rings is 1. The molecule has 21 heavy (non-hydrogen) atoms. The van der Waals surface area contributed by atoms with E-state index in [1.807, 2.05) is 12.1 Å². The molecule has 0 aromatic heterocycles. The van der Waals surface area contributed by atoms with Crippen LogP contribution in [-0.4, -0.2) is 31.1 Å². The predicted octanol–water partition coefficient (Wildman–Crippen LogP) is 2.17. The Hall–Kier alpha value is -2.20. The van der Waals surface area contributed by atoms with Crippen LogP contribution in [0.5, 0.6) is 0 Å². The van der Waals surface area contributed by atoms with Gasteiger partial charge in [0.2, 0.25) is 0 Å². The van der Waals surface area contributed by atoms with Crippen LogP contribution >= 0.6 is 0 Å². The predicted molar refractivity (Wildman–Crippen MR) is 89.2 cm³/mol. The number of rotatable bonds is 3. The molecule has 0 bridgehead atoms. The normalized spacial score (nSPS) is 16.1. The van der Waals surface area contributed by atoms with E-state index in [0.29, 0.717) is 11.4 Å². The van der Waals surface area contributed by atoms with Crippen molar-refractivity contribution in [2.75, 3.05) is 42.5 Å². The highest BCUT2D eigenvalue weighted by atomic mass is 15.3. The van der Waals surface area contributed by atoms with Crippen molar-refractivity contribution in [3.05, 3.63) is 54.1 Å². The Morgan fingerprint density at radius 1 is 0.810 bits per heavy atom. The van der Waals surface area contributed by atoms with Crippen molar-refractivity contribution in [2.45, 2.75) is 6.54 Å². The molecule has 1 aliphatic rings. The quantitative estimate of drug-likeness (QED) is 0.847. The maximum atomic E-state index is 5.87. The fourth-order valence-electron chi connectivity index (χ4n) is 2.78. The molecule has 0 amide bonds. The van der Waals surface area contributed by atoms with E-state index in [-0.39, 0.29) is 0 Å². The molecule has 4 nitrogen and oxygen atoms in total. The lowest BCUT2D eigenvalue weighted by Gasteiger charge is -2.36. The number of anilines is 3. The van der Waals surface area contributed by atoms with Crippen molar-refractivity contribution < 1.29 is 0 Å². The van der Waals surface area contributed by atoms with E-state index >= 15 is 0 Å². The zero-order valence-corrected chi connectivity index (χ0v) is 12.2. The molecule has 3 rings (SSSR count). The van der Waals surface area contributed by atoms with Crippen LogP contribution in [0, 0.1) is 0 Å². The average molecular weight is 282 g/mol. The minimum Gasteiger partial charge on any atom is -0.397 e. The molecule has 110 valence electrons. The highest BCUT2D eigenvalue weighted by Crippen LogP contribution is 2.19. The Kier molecular flexibility index (Phi) is 3.97. The fraction of sp³-hybridized carbons (Fsp3) is 0.294. The molecule has 0 aliphatic carbocycles. The largest absolute Gasteiger partial charge is 0.397 e.